The van der Waals surface area contributed by atoms with Crippen LogP contribution in [0.15, 0.2) is 23.1 Å². The molecule has 0 amide bonds. The Kier molecular flexibility index (Phi) is 2.11. The highest BCUT2D eigenvalue weighted by Crippen LogP contribution is 2.22. The smallest absolute Gasteiger partial charge is 0.190 e. The SMILES string of the molecule is CC(=O)SC1=CCC=C1. The van der Waals surface area contributed by atoms with Crippen LogP contribution in [0.3, 0.4) is 0 Å². The third-order valence-corrected chi connectivity index (χ3v) is 1.82. The standard InChI is InChI=1S/C7H8OS/c1-6(8)9-7-4-2-3-5-7/h2,4-5H,3H2,1H3. The van der Waals surface area contributed by atoms with Crippen molar-refractivity contribution in [3.63, 3.8) is 0 Å². The third kappa shape index (κ3) is 2.06. The van der Waals surface area contributed by atoms with Crippen LogP contribution in [0.25, 0.3) is 0 Å². The summed E-state index contributed by atoms with van der Waals surface area (Å²) in [7, 11) is 0. The van der Waals surface area contributed by atoms with Gasteiger partial charge in [0.05, 0.1) is 0 Å². The molecule has 0 saturated heterocycles. The summed E-state index contributed by atoms with van der Waals surface area (Å²) in [5, 5.41) is 0.160. The van der Waals surface area contributed by atoms with E-state index in [1.165, 1.54) is 11.8 Å². The van der Waals surface area contributed by atoms with E-state index in [1.807, 2.05) is 18.2 Å². The average Bonchev–Trinajstić information content (AvgIpc) is 2.15. The zero-order chi connectivity index (χ0) is 6.69. The molecule has 0 aliphatic heterocycles. The Morgan fingerprint density at radius 2 is 2.56 bits per heavy atom. The summed E-state index contributed by atoms with van der Waals surface area (Å²) in [6.07, 6.45) is 7.05. The number of carbonyl (C=O) groups is 1. The molecular weight excluding hydrogens is 132 g/mol. The quantitative estimate of drug-likeness (QED) is 0.555. The second-order valence-electron chi connectivity index (χ2n) is 1.84. The molecular formula is C7H8OS. The third-order valence-electron chi connectivity index (χ3n) is 0.999. The molecule has 0 aromatic carbocycles. The molecule has 0 aromatic rings. The maximum absolute atomic E-state index is 10.5. The lowest BCUT2D eigenvalue weighted by molar-refractivity contribution is -0.109. The fourth-order valence-electron chi connectivity index (χ4n) is 0.678. The lowest BCUT2D eigenvalue weighted by atomic mass is 10.5. The average molecular weight is 140 g/mol. The highest BCUT2D eigenvalue weighted by Gasteiger charge is 2.00. The molecule has 0 aromatic heterocycles. The van der Waals surface area contributed by atoms with Gasteiger partial charge in [-0.3, -0.25) is 4.79 Å². The molecule has 0 unspecified atom stereocenters. The van der Waals surface area contributed by atoms with Crippen molar-refractivity contribution in [1.82, 2.24) is 0 Å². The first kappa shape index (κ1) is 6.62. The first-order chi connectivity index (χ1) is 4.29. The molecule has 0 spiro atoms. The Morgan fingerprint density at radius 3 is 3.00 bits per heavy atom. The van der Waals surface area contributed by atoms with E-state index >= 15 is 0 Å². The summed E-state index contributed by atoms with van der Waals surface area (Å²) in [6, 6.07) is 0. The molecule has 1 nitrogen and oxygen atoms in total. The van der Waals surface area contributed by atoms with Gasteiger partial charge < -0.3 is 0 Å². The monoisotopic (exact) mass is 140 g/mol. The van der Waals surface area contributed by atoms with Gasteiger partial charge in [0.25, 0.3) is 0 Å². The van der Waals surface area contributed by atoms with Crippen LogP contribution in [0.5, 0.6) is 0 Å². The van der Waals surface area contributed by atoms with Gasteiger partial charge in [0, 0.05) is 11.8 Å². The molecule has 0 radical (unpaired) electrons. The summed E-state index contributed by atoms with van der Waals surface area (Å²) in [6.45, 7) is 1.58. The molecule has 48 valence electrons. The zero-order valence-electron chi connectivity index (χ0n) is 5.26. The summed E-state index contributed by atoms with van der Waals surface area (Å²) in [4.78, 5) is 11.6. The van der Waals surface area contributed by atoms with Gasteiger partial charge in [-0.25, -0.2) is 0 Å². The largest absolute Gasteiger partial charge is 0.287 e. The summed E-state index contributed by atoms with van der Waals surface area (Å²) >= 11 is 1.30. The van der Waals surface area contributed by atoms with E-state index in [0.29, 0.717) is 0 Å². The molecule has 2 heteroatoms. The van der Waals surface area contributed by atoms with Crippen LogP contribution in [0.2, 0.25) is 0 Å². The van der Waals surface area contributed by atoms with Crippen molar-refractivity contribution < 1.29 is 4.79 Å². The first-order valence-electron chi connectivity index (χ1n) is 2.84. The lowest BCUT2D eigenvalue weighted by Crippen LogP contribution is -1.78. The van der Waals surface area contributed by atoms with Gasteiger partial charge in [0.2, 0.25) is 0 Å². The molecule has 1 rings (SSSR count). The molecule has 1 aliphatic rings. The number of hydrogen-bond acceptors (Lipinski definition) is 2. The van der Waals surface area contributed by atoms with Gasteiger partial charge in [0.15, 0.2) is 5.12 Å². The molecule has 0 saturated carbocycles. The van der Waals surface area contributed by atoms with Gasteiger partial charge in [-0.05, 0) is 6.42 Å². The number of thioether (sulfide) groups is 1. The number of hydrogen-bond donors (Lipinski definition) is 0. The van der Waals surface area contributed by atoms with Gasteiger partial charge >= 0.3 is 0 Å². The van der Waals surface area contributed by atoms with E-state index in [9.17, 15) is 4.79 Å². The van der Waals surface area contributed by atoms with E-state index in [-0.39, 0.29) is 5.12 Å². The summed E-state index contributed by atoms with van der Waals surface area (Å²) in [5.41, 5.74) is 0. The van der Waals surface area contributed by atoms with Gasteiger partial charge in [0.1, 0.15) is 0 Å². The van der Waals surface area contributed by atoms with Crippen molar-refractivity contribution in [2.75, 3.05) is 0 Å². The topological polar surface area (TPSA) is 17.1 Å². The Bertz CT molecular complexity index is 179. The van der Waals surface area contributed by atoms with Crippen LogP contribution < -0.4 is 0 Å². The van der Waals surface area contributed by atoms with Crippen molar-refractivity contribution >= 4 is 16.9 Å². The van der Waals surface area contributed by atoms with Crippen LogP contribution in [0.1, 0.15) is 13.3 Å². The van der Waals surface area contributed by atoms with E-state index in [2.05, 4.69) is 0 Å². The number of allylic oxidation sites excluding steroid dienone is 3. The Hall–Kier alpha value is -0.500. The normalized spacial score (nSPS) is 15.9. The second-order valence-corrected chi connectivity index (χ2v) is 3.09. The predicted molar refractivity (Wildman–Crippen MR) is 40.1 cm³/mol. The minimum atomic E-state index is 0.160. The minimum Gasteiger partial charge on any atom is -0.287 e. The van der Waals surface area contributed by atoms with Crippen LogP contribution in [0, 0.1) is 0 Å². The molecule has 0 N–H and O–H groups in total. The summed E-state index contributed by atoms with van der Waals surface area (Å²) < 4.78 is 0. The van der Waals surface area contributed by atoms with E-state index in [1.54, 1.807) is 6.92 Å². The van der Waals surface area contributed by atoms with E-state index in [4.69, 9.17) is 0 Å². The Morgan fingerprint density at radius 1 is 1.78 bits per heavy atom. The van der Waals surface area contributed by atoms with Crippen molar-refractivity contribution in [3.05, 3.63) is 23.1 Å². The van der Waals surface area contributed by atoms with Crippen molar-refractivity contribution in [1.29, 1.82) is 0 Å². The van der Waals surface area contributed by atoms with Crippen molar-refractivity contribution in [3.8, 4) is 0 Å². The molecule has 0 bridgehead atoms. The predicted octanol–water partition coefficient (Wildman–Crippen LogP) is 2.11. The maximum Gasteiger partial charge on any atom is 0.190 e. The van der Waals surface area contributed by atoms with Crippen molar-refractivity contribution in [2.45, 2.75) is 13.3 Å². The van der Waals surface area contributed by atoms with E-state index < -0.39 is 0 Å². The number of rotatable bonds is 1. The Labute approximate surface area is 58.8 Å². The van der Waals surface area contributed by atoms with Crippen LogP contribution >= 0.6 is 11.8 Å². The molecule has 0 heterocycles. The van der Waals surface area contributed by atoms with Crippen LogP contribution in [-0.4, -0.2) is 5.12 Å². The van der Waals surface area contributed by atoms with Gasteiger partial charge in [-0.15, -0.1) is 0 Å². The lowest BCUT2D eigenvalue weighted by Gasteiger charge is -1.89. The highest BCUT2D eigenvalue weighted by molar-refractivity contribution is 8.17. The molecule has 9 heavy (non-hydrogen) atoms. The fourth-order valence-corrected chi connectivity index (χ4v) is 1.35. The van der Waals surface area contributed by atoms with Gasteiger partial charge in [-0.2, -0.15) is 0 Å². The van der Waals surface area contributed by atoms with Crippen molar-refractivity contribution in [2.24, 2.45) is 0 Å². The zero-order valence-corrected chi connectivity index (χ0v) is 6.07. The van der Waals surface area contributed by atoms with Crippen LogP contribution in [0.4, 0.5) is 0 Å². The number of carbonyl (C=O) groups excluding carboxylic acids is 1. The summed E-state index contributed by atoms with van der Waals surface area (Å²) in [5.74, 6) is 0. The second kappa shape index (κ2) is 2.87. The maximum atomic E-state index is 10.5. The first-order valence-corrected chi connectivity index (χ1v) is 3.66. The minimum absolute atomic E-state index is 0.160. The van der Waals surface area contributed by atoms with Crippen LogP contribution in [-0.2, 0) is 4.79 Å². The molecule has 1 aliphatic carbocycles. The fraction of sp³-hybridized carbons (Fsp3) is 0.286. The molecule has 0 atom stereocenters. The molecule has 0 fully saturated rings. The Balaban J connectivity index is 2.45. The highest BCUT2D eigenvalue weighted by atomic mass is 32.2. The van der Waals surface area contributed by atoms with E-state index in [0.717, 1.165) is 11.3 Å². The van der Waals surface area contributed by atoms with Gasteiger partial charge in [-0.1, -0.05) is 30.0 Å².